The fraction of sp³-hybridized carbons (Fsp3) is 0.385. The molecule has 0 aliphatic heterocycles. The van der Waals surface area contributed by atoms with Crippen LogP contribution in [0.3, 0.4) is 0 Å². The van der Waals surface area contributed by atoms with Crippen LogP contribution < -0.4 is 0 Å². The molecule has 1 heterocycles. The lowest BCUT2D eigenvalue weighted by molar-refractivity contribution is -0.136. The largest absolute Gasteiger partial charge is 0.481 e. The Labute approximate surface area is 106 Å². The zero-order chi connectivity index (χ0) is 13.7. The van der Waals surface area contributed by atoms with Crippen LogP contribution in [0.4, 0.5) is 0 Å². The van der Waals surface area contributed by atoms with E-state index in [0.29, 0.717) is 18.7 Å². The molecular formula is C13H17NO4. The van der Waals surface area contributed by atoms with E-state index >= 15 is 0 Å². The van der Waals surface area contributed by atoms with E-state index in [2.05, 4.69) is 6.58 Å². The molecule has 5 nitrogen and oxygen atoms in total. The maximum absolute atomic E-state index is 12.2. The number of furan rings is 1. The number of likely N-dealkylation sites (N-methyl/N-ethyl adjacent to an activating group) is 1. The van der Waals surface area contributed by atoms with E-state index in [1.165, 1.54) is 12.3 Å². The van der Waals surface area contributed by atoms with Gasteiger partial charge in [0.15, 0.2) is 0 Å². The van der Waals surface area contributed by atoms with Gasteiger partial charge in [0.2, 0.25) is 0 Å². The minimum Gasteiger partial charge on any atom is -0.481 e. The Morgan fingerprint density at radius 2 is 2.17 bits per heavy atom. The van der Waals surface area contributed by atoms with Crippen molar-refractivity contribution in [2.24, 2.45) is 0 Å². The molecular weight excluding hydrogens is 234 g/mol. The van der Waals surface area contributed by atoms with Crippen LogP contribution in [0.1, 0.15) is 30.0 Å². The maximum Gasteiger partial charge on any atom is 0.311 e. The van der Waals surface area contributed by atoms with Crippen LogP contribution in [0, 0.1) is 0 Å². The summed E-state index contributed by atoms with van der Waals surface area (Å²) < 4.78 is 5.05. The summed E-state index contributed by atoms with van der Waals surface area (Å²) in [5.74, 6) is -1.07. The van der Waals surface area contributed by atoms with E-state index in [9.17, 15) is 9.59 Å². The van der Waals surface area contributed by atoms with Gasteiger partial charge in [0.05, 0.1) is 11.8 Å². The van der Waals surface area contributed by atoms with Crippen molar-refractivity contribution in [3.05, 3.63) is 35.8 Å². The Kier molecular flexibility index (Phi) is 4.71. The van der Waals surface area contributed by atoms with Gasteiger partial charge in [-0.25, -0.2) is 0 Å². The predicted molar refractivity (Wildman–Crippen MR) is 66.4 cm³/mol. The van der Waals surface area contributed by atoms with E-state index in [4.69, 9.17) is 9.52 Å². The quantitative estimate of drug-likeness (QED) is 0.784. The number of amides is 1. The Hall–Kier alpha value is -2.04. The van der Waals surface area contributed by atoms with Crippen molar-refractivity contribution in [2.45, 2.75) is 20.3 Å². The molecule has 0 saturated carbocycles. The molecule has 0 radical (unpaired) electrons. The summed E-state index contributed by atoms with van der Waals surface area (Å²) in [5, 5.41) is 8.73. The highest BCUT2D eigenvalue weighted by molar-refractivity contribution is 5.96. The highest BCUT2D eigenvalue weighted by Crippen LogP contribution is 2.15. The lowest BCUT2D eigenvalue weighted by Crippen LogP contribution is -2.32. The summed E-state index contributed by atoms with van der Waals surface area (Å²) in [4.78, 5) is 24.5. The van der Waals surface area contributed by atoms with Gasteiger partial charge in [0, 0.05) is 13.1 Å². The van der Waals surface area contributed by atoms with Gasteiger partial charge < -0.3 is 14.4 Å². The summed E-state index contributed by atoms with van der Waals surface area (Å²) in [6.45, 7) is 8.44. The Morgan fingerprint density at radius 3 is 2.67 bits per heavy atom. The molecule has 0 bridgehead atoms. The number of carbonyl (C=O) groups is 2. The number of hydrogen-bond acceptors (Lipinski definition) is 3. The highest BCUT2D eigenvalue weighted by Gasteiger charge is 2.21. The van der Waals surface area contributed by atoms with Crippen LogP contribution >= 0.6 is 0 Å². The molecule has 1 N–H and O–H groups in total. The lowest BCUT2D eigenvalue weighted by Gasteiger charge is -2.20. The van der Waals surface area contributed by atoms with Crippen LogP contribution in [0.25, 0.3) is 0 Å². The minimum absolute atomic E-state index is 0.188. The average molecular weight is 251 g/mol. The average Bonchev–Trinajstić information content (AvgIpc) is 2.71. The molecule has 0 fully saturated rings. The zero-order valence-corrected chi connectivity index (χ0v) is 10.6. The second-order valence-corrected chi connectivity index (χ2v) is 4.10. The molecule has 1 aromatic heterocycles. The summed E-state index contributed by atoms with van der Waals surface area (Å²) >= 11 is 0. The second kappa shape index (κ2) is 6.05. The van der Waals surface area contributed by atoms with Gasteiger partial charge >= 0.3 is 5.97 Å². The van der Waals surface area contributed by atoms with Crippen molar-refractivity contribution in [3.8, 4) is 0 Å². The molecule has 18 heavy (non-hydrogen) atoms. The smallest absolute Gasteiger partial charge is 0.311 e. The summed E-state index contributed by atoms with van der Waals surface area (Å²) in [6, 6.07) is 1.50. The molecule has 1 amide bonds. The van der Waals surface area contributed by atoms with Crippen molar-refractivity contribution in [2.75, 3.05) is 13.1 Å². The minimum atomic E-state index is -1.03. The Morgan fingerprint density at radius 1 is 1.50 bits per heavy atom. The summed E-state index contributed by atoms with van der Waals surface area (Å²) in [6.07, 6.45) is 1.04. The summed E-state index contributed by atoms with van der Waals surface area (Å²) in [5.41, 5.74) is 1.17. The van der Waals surface area contributed by atoms with Crippen molar-refractivity contribution in [1.82, 2.24) is 4.90 Å². The third-order valence-electron chi connectivity index (χ3n) is 2.42. The number of hydrogen-bond donors (Lipinski definition) is 1. The molecule has 0 aromatic carbocycles. The van der Waals surface area contributed by atoms with Crippen LogP contribution in [0.2, 0.25) is 0 Å². The molecule has 0 atom stereocenters. The second-order valence-electron chi connectivity index (χ2n) is 4.10. The van der Waals surface area contributed by atoms with Gasteiger partial charge in [0.1, 0.15) is 12.2 Å². The van der Waals surface area contributed by atoms with Gasteiger partial charge in [-0.3, -0.25) is 9.59 Å². The number of carboxylic acid groups (broad SMARTS) is 1. The molecule has 0 spiro atoms. The van der Waals surface area contributed by atoms with E-state index in [1.54, 1.807) is 4.90 Å². The highest BCUT2D eigenvalue weighted by atomic mass is 16.4. The first-order chi connectivity index (χ1) is 8.45. The van der Waals surface area contributed by atoms with E-state index in [0.717, 1.165) is 5.57 Å². The molecule has 1 rings (SSSR count). The van der Waals surface area contributed by atoms with Crippen molar-refractivity contribution in [1.29, 1.82) is 0 Å². The van der Waals surface area contributed by atoms with Crippen LogP contribution in [-0.2, 0) is 11.2 Å². The molecule has 0 aliphatic carbocycles. The van der Waals surface area contributed by atoms with Crippen LogP contribution in [0.5, 0.6) is 0 Å². The number of carboxylic acids is 1. The van der Waals surface area contributed by atoms with Crippen LogP contribution in [0.15, 0.2) is 28.9 Å². The molecule has 1 aromatic rings. The van der Waals surface area contributed by atoms with Crippen molar-refractivity contribution in [3.63, 3.8) is 0 Å². The number of nitrogens with zero attached hydrogens (tertiary/aromatic N) is 1. The SMILES string of the molecule is C=C(C)CN(CC)C(=O)c1ccoc1CC(=O)O. The van der Waals surface area contributed by atoms with Gasteiger partial charge in [-0.2, -0.15) is 0 Å². The van der Waals surface area contributed by atoms with Gasteiger partial charge in [-0.15, -0.1) is 0 Å². The zero-order valence-electron chi connectivity index (χ0n) is 10.6. The fourth-order valence-corrected chi connectivity index (χ4v) is 1.63. The van der Waals surface area contributed by atoms with Crippen molar-refractivity contribution < 1.29 is 19.1 Å². The molecule has 0 saturated heterocycles. The monoisotopic (exact) mass is 251 g/mol. The van der Waals surface area contributed by atoms with E-state index in [-0.39, 0.29) is 18.1 Å². The predicted octanol–water partition coefficient (Wildman–Crippen LogP) is 1.94. The van der Waals surface area contributed by atoms with Crippen molar-refractivity contribution >= 4 is 11.9 Å². The third kappa shape index (κ3) is 3.48. The molecule has 98 valence electrons. The number of aliphatic carboxylic acids is 1. The summed E-state index contributed by atoms with van der Waals surface area (Å²) in [7, 11) is 0. The first-order valence-electron chi connectivity index (χ1n) is 5.67. The molecule has 0 aliphatic rings. The van der Waals surface area contributed by atoms with Gasteiger partial charge in [0.25, 0.3) is 5.91 Å². The van der Waals surface area contributed by atoms with E-state index in [1.807, 2.05) is 13.8 Å². The topological polar surface area (TPSA) is 70.8 Å². The molecule has 0 unspecified atom stereocenters. The standard InChI is InChI=1S/C13H17NO4/c1-4-14(8-9(2)3)13(17)10-5-6-18-11(10)7-12(15)16/h5-6H,2,4,7-8H2,1,3H3,(H,15,16). The van der Waals surface area contributed by atoms with Crippen LogP contribution in [-0.4, -0.2) is 35.0 Å². The molecule has 5 heteroatoms. The van der Waals surface area contributed by atoms with E-state index < -0.39 is 5.97 Å². The van der Waals surface area contributed by atoms with Gasteiger partial charge in [-0.1, -0.05) is 12.2 Å². The Bertz CT molecular complexity index is 461. The first-order valence-corrected chi connectivity index (χ1v) is 5.67. The third-order valence-corrected chi connectivity index (χ3v) is 2.42. The maximum atomic E-state index is 12.2. The Balaban J connectivity index is 2.91. The lowest BCUT2D eigenvalue weighted by atomic mass is 10.1. The number of carbonyl (C=O) groups excluding carboxylic acids is 1. The fourth-order valence-electron chi connectivity index (χ4n) is 1.63. The van der Waals surface area contributed by atoms with Gasteiger partial charge in [-0.05, 0) is 19.9 Å². The number of rotatable bonds is 6. The normalized spacial score (nSPS) is 10.1. The first kappa shape index (κ1) is 14.0.